The predicted molar refractivity (Wildman–Crippen MR) is 122 cm³/mol. The lowest BCUT2D eigenvalue weighted by Crippen LogP contribution is -2.30. The van der Waals surface area contributed by atoms with Gasteiger partial charge in [0.1, 0.15) is 23.8 Å². The highest BCUT2D eigenvalue weighted by molar-refractivity contribution is 6.30. The van der Waals surface area contributed by atoms with Gasteiger partial charge in [-0.3, -0.25) is 14.0 Å². The third-order valence-corrected chi connectivity index (χ3v) is 4.81. The zero-order valence-corrected chi connectivity index (χ0v) is 18.0. The number of amides is 1. The molecule has 1 atom stereocenters. The second-order valence-corrected chi connectivity index (χ2v) is 7.48. The van der Waals surface area contributed by atoms with Gasteiger partial charge < -0.3 is 14.8 Å². The minimum Gasteiger partial charge on any atom is -0.487 e. The molecule has 1 N–H and O–H groups in total. The molecule has 1 amide bonds. The van der Waals surface area contributed by atoms with Gasteiger partial charge in [0.2, 0.25) is 0 Å². The van der Waals surface area contributed by atoms with Crippen molar-refractivity contribution in [3.8, 4) is 11.5 Å². The summed E-state index contributed by atoms with van der Waals surface area (Å²) in [6, 6.07) is 20.9. The summed E-state index contributed by atoms with van der Waals surface area (Å²) in [6.45, 7) is 1.78. The lowest BCUT2D eigenvalue weighted by Gasteiger charge is -2.15. The van der Waals surface area contributed by atoms with E-state index in [1.165, 1.54) is 16.7 Å². The highest BCUT2D eigenvalue weighted by atomic mass is 35.5. The molecule has 0 saturated carbocycles. The molecule has 4 rings (SSSR count). The number of para-hydroxylation sites is 1. The first-order valence-electron chi connectivity index (χ1n) is 9.91. The van der Waals surface area contributed by atoms with Crippen LogP contribution in [0.25, 0.3) is 5.65 Å². The van der Waals surface area contributed by atoms with Crippen LogP contribution in [0.1, 0.15) is 12.6 Å². The van der Waals surface area contributed by atoms with Gasteiger partial charge in [0.05, 0.1) is 10.7 Å². The van der Waals surface area contributed by atoms with E-state index in [-0.39, 0.29) is 18.1 Å². The summed E-state index contributed by atoms with van der Waals surface area (Å²) in [5.74, 6) is 0.861. The van der Waals surface area contributed by atoms with Gasteiger partial charge in [-0.1, -0.05) is 35.9 Å². The van der Waals surface area contributed by atoms with E-state index in [0.29, 0.717) is 33.6 Å². The maximum atomic E-state index is 12.5. The lowest BCUT2D eigenvalue weighted by atomic mass is 10.2. The Hall–Kier alpha value is -3.84. The number of carbonyl (C=O) groups excluding carboxylic acids is 1. The number of nitrogens with zero attached hydrogens (tertiary/aromatic N) is 2. The van der Waals surface area contributed by atoms with E-state index >= 15 is 0 Å². The van der Waals surface area contributed by atoms with Crippen LogP contribution < -0.4 is 20.3 Å². The standard InChI is InChI=1S/C24H20ClN3O4/c1-16(32-20-7-3-2-4-8-20)24(30)27-18-6-5-9-21(12-18)31-15-19-13-23(29)28-14-17(25)10-11-22(28)26-19/h2-14,16H,15H2,1H3,(H,27,30)/t16-/m0/s1. The highest BCUT2D eigenvalue weighted by Crippen LogP contribution is 2.19. The van der Waals surface area contributed by atoms with Gasteiger partial charge in [-0.05, 0) is 43.3 Å². The SMILES string of the molecule is C[C@H](Oc1ccccc1)C(=O)Nc1cccc(OCc2cc(=O)n3cc(Cl)ccc3n2)c1. The molecule has 0 spiro atoms. The molecule has 162 valence electrons. The Kier molecular flexibility index (Phi) is 6.37. The van der Waals surface area contributed by atoms with Gasteiger partial charge >= 0.3 is 0 Å². The first-order valence-corrected chi connectivity index (χ1v) is 10.3. The Morgan fingerprint density at radius 3 is 2.66 bits per heavy atom. The summed E-state index contributed by atoms with van der Waals surface area (Å²) in [7, 11) is 0. The molecule has 4 aromatic rings. The summed E-state index contributed by atoms with van der Waals surface area (Å²) in [5.41, 5.74) is 1.28. The van der Waals surface area contributed by atoms with Crippen molar-refractivity contribution in [2.45, 2.75) is 19.6 Å². The molecule has 0 radical (unpaired) electrons. The van der Waals surface area contributed by atoms with Crippen molar-refractivity contribution in [3.63, 3.8) is 0 Å². The fourth-order valence-corrected chi connectivity index (χ4v) is 3.18. The minimum absolute atomic E-state index is 0.0965. The largest absolute Gasteiger partial charge is 0.487 e. The van der Waals surface area contributed by atoms with Crippen molar-refractivity contribution in [2.75, 3.05) is 5.32 Å². The molecule has 8 heteroatoms. The maximum Gasteiger partial charge on any atom is 0.265 e. The highest BCUT2D eigenvalue weighted by Gasteiger charge is 2.15. The number of hydrogen-bond acceptors (Lipinski definition) is 5. The normalized spacial score (nSPS) is 11.7. The predicted octanol–water partition coefficient (Wildman–Crippen LogP) is 4.33. The number of benzene rings is 2. The smallest absolute Gasteiger partial charge is 0.265 e. The number of fused-ring (bicyclic) bond motifs is 1. The Morgan fingerprint density at radius 2 is 1.84 bits per heavy atom. The van der Waals surface area contributed by atoms with Crippen molar-refractivity contribution >= 4 is 28.8 Å². The Labute approximate surface area is 189 Å². The summed E-state index contributed by atoms with van der Waals surface area (Å²) >= 11 is 5.93. The summed E-state index contributed by atoms with van der Waals surface area (Å²) in [5, 5.41) is 3.27. The number of rotatable bonds is 7. The molecule has 0 unspecified atom stereocenters. The van der Waals surface area contributed by atoms with E-state index in [1.807, 2.05) is 18.2 Å². The molecule has 32 heavy (non-hydrogen) atoms. The number of halogens is 1. The maximum absolute atomic E-state index is 12.5. The van der Waals surface area contributed by atoms with Crippen LogP contribution in [0.5, 0.6) is 11.5 Å². The third-order valence-electron chi connectivity index (χ3n) is 4.59. The van der Waals surface area contributed by atoms with Gasteiger partial charge in [0.25, 0.3) is 11.5 Å². The Morgan fingerprint density at radius 1 is 1.06 bits per heavy atom. The molecule has 0 fully saturated rings. The Balaban J connectivity index is 1.40. The third kappa shape index (κ3) is 5.25. The summed E-state index contributed by atoms with van der Waals surface area (Å²) < 4.78 is 12.8. The quantitative estimate of drug-likeness (QED) is 0.454. The van der Waals surface area contributed by atoms with E-state index in [0.717, 1.165) is 0 Å². The van der Waals surface area contributed by atoms with Crippen molar-refractivity contribution < 1.29 is 14.3 Å². The molecule has 2 aromatic heterocycles. The van der Waals surface area contributed by atoms with Gasteiger partial charge in [0.15, 0.2) is 6.10 Å². The van der Waals surface area contributed by atoms with Gasteiger partial charge in [-0.15, -0.1) is 0 Å². The van der Waals surface area contributed by atoms with Crippen LogP contribution in [-0.4, -0.2) is 21.4 Å². The van der Waals surface area contributed by atoms with Crippen LogP contribution in [0, 0.1) is 0 Å². The van der Waals surface area contributed by atoms with E-state index in [9.17, 15) is 9.59 Å². The van der Waals surface area contributed by atoms with Gasteiger partial charge in [-0.25, -0.2) is 4.98 Å². The topological polar surface area (TPSA) is 81.9 Å². The molecule has 7 nitrogen and oxygen atoms in total. The van der Waals surface area contributed by atoms with E-state index in [1.54, 1.807) is 55.5 Å². The minimum atomic E-state index is -0.676. The molecule has 0 saturated heterocycles. The molecular formula is C24H20ClN3O4. The van der Waals surface area contributed by atoms with Crippen LogP contribution >= 0.6 is 11.6 Å². The van der Waals surface area contributed by atoms with E-state index in [2.05, 4.69) is 10.3 Å². The monoisotopic (exact) mass is 449 g/mol. The number of carbonyl (C=O) groups is 1. The zero-order chi connectivity index (χ0) is 22.5. The fraction of sp³-hybridized carbons (Fsp3) is 0.125. The molecule has 0 aliphatic heterocycles. The molecule has 2 heterocycles. The second kappa shape index (κ2) is 9.53. The first-order chi connectivity index (χ1) is 15.5. The van der Waals surface area contributed by atoms with Crippen LogP contribution in [-0.2, 0) is 11.4 Å². The molecular weight excluding hydrogens is 430 g/mol. The summed E-state index contributed by atoms with van der Waals surface area (Å²) in [4.78, 5) is 29.2. The van der Waals surface area contributed by atoms with Crippen LogP contribution in [0.3, 0.4) is 0 Å². The molecule has 0 aliphatic rings. The van der Waals surface area contributed by atoms with Crippen molar-refractivity contribution in [2.24, 2.45) is 0 Å². The van der Waals surface area contributed by atoms with E-state index in [4.69, 9.17) is 21.1 Å². The number of pyridine rings is 1. The number of ether oxygens (including phenoxy) is 2. The molecule has 0 bridgehead atoms. The fourth-order valence-electron chi connectivity index (χ4n) is 3.02. The lowest BCUT2D eigenvalue weighted by molar-refractivity contribution is -0.122. The van der Waals surface area contributed by atoms with Crippen LogP contribution in [0.2, 0.25) is 5.02 Å². The number of aromatic nitrogens is 2. The van der Waals surface area contributed by atoms with Crippen molar-refractivity contribution in [1.82, 2.24) is 9.38 Å². The van der Waals surface area contributed by atoms with Crippen molar-refractivity contribution in [3.05, 3.63) is 100 Å². The average molecular weight is 450 g/mol. The van der Waals surface area contributed by atoms with Crippen LogP contribution in [0.15, 0.2) is 83.8 Å². The average Bonchev–Trinajstić information content (AvgIpc) is 2.79. The number of anilines is 1. The summed E-state index contributed by atoms with van der Waals surface area (Å²) in [6.07, 6.45) is 0.844. The Bertz CT molecular complexity index is 1310. The van der Waals surface area contributed by atoms with Crippen LogP contribution in [0.4, 0.5) is 5.69 Å². The van der Waals surface area contributed by atoms with Crippen molar-refractivity contribution in [1.29, 1.82) is 0 Å². The zero-order valence-electron chi connectivity index (χ0n) is 17.2. The van der Waals surface area contributed by atoms with Gasteiger partial charge in [-0.2, -0.15) is 0 Å². The first kappa shape index (κ1) is 21.4. The van der Waals surface area contributed by atoms with Gasteiger partial charge in [0, 0.05) is 24.0 Å². The number of nitrogens with one attached hydrogen (secondary N) is 1. The second-order valence-electron chi connectivity index (χ2n) is 7.04. The number of hydrogen-bond donors (Lipinski definition) is 1. The molecule has 0 aliphatic carbocycles. The molecule has 2 aromatic carbocycles. The van der Waals surface area contributed by atoms with E-state index < -0.39 is 6.10 Å².